The van der Waals surface area contributed by atoms with Crippen molar-refractivity contribution in [1.29, 1.82) is 0 Å². The van der Waals surface area contributed by atoms with E-state index < -0.39 is 9.84 Å². The summed E-state index contributed by atoms with van der Waals surface area (Å²) in [7, 11) is -3.35. The minimum absolute atomic E-state index is 0.0960. The van der Waals surface area contributed by atoms with Crippen LogP contribution in [0.4, 0.5) is 0 Å². The van der Waals surface area contributed by atoms with Crippen LogP contribution in [0.5, 0.6) is 0 Å². The lowest BCUT2D eigenvalue weighted by Gasteiger charge is -2.40. The highest BCUT2D eigenvalue weighted by atomic mass is 32.2. The van der Waals surface area contributed by atoms with Gasteiger partial charge < -0.3 is 5.73 Å². The van der Waals surface area contributed by atoms with Crippen LogP contribution in [0.3, 0.4) is 0 Å². The Bertz CT molecular complexity index is 835. The van der Waals surface area contributed by atoms with E-state index in [2.05, 4.69) is 18.7 Å². The zero-order valence-corrected chi connectivity index (χ0v) is 16.6. The lowest BCUT2D eigenvalue weighted by Crippen LogP contribution is -2.49. The minimum Gasteiger partial charge on any atom is -0.327 e. The fourth-order valence-corrected chi connectivity index (χ4v) is 5.72. The van der Waals surface area contributed by atoms with Gasteiger partial charge in [-0.2, -0.15) is 0 Å². The van der Waals surface area contributed by atoms with Crippen molar-refractivity contribution in [3.8, 4) is 0 Å². The lowest BCUT2D eigenvalue weighted by molar-refractivity contribution is 0.0957. The van der Waals surface area contributed by atoms with E-state index in [1.54, 1.807) is 6.07 Å². The highest BCUT2D eigenvalue weighted by molar-refractivity contribution is 7.91. The number of sulfone groups is 1. The van der Waals surface area contributed by atoms with Gasteiger partial charge in [0.05, 0.1) is 10.6 Å². The van der Waals surface area contributed by atoms with E-state index in [-0.39, 0.29) is 11.8 Å². The summed E-state index contributed by atoms with van der Waals surface area (Å²) >= 11 is 0. The lowest BCUT2D eigenvalue weighted by atomic mass is 9.96. The SMILES string of the molecule is C[C@@H]1CCC[C@H](C)N1C[C@@H](N)CCS(=O)(=O)c1cccc2ccccc12. The van der Waals surface area contributed by atoms with Gasteiger partial charge in [0.25, 0.3) is 0 Å². The summed E-state index contributed by atoms with van der Waals surface area (Å²) in [6.07, 6.45) is 4.15. The van der Waals surface area contributed by atoms with E-state index in [1.165, 1.54) is 19.3 Å². The first kappa shape index (κ1) is 19.3. The smallest absolute Gasteiger partial charge is 0.179 e. The van der Waals surface area contributed by atoms with Crippen LogP contribution in [0.2, 0.25) is 0 Å². The first-order valence-corrected chi connectivity index (χ1v) is 11.3. The average Bonchev–Trinajstić information content (AvgIpc) is 2.63. The molecular weight excluding hydrogens is 344 g/mol. The molecule has 5 heteroatoms. The number of hydrogen-bond donors (Lipinski definition) is 1. The molecule has 0 spiro atoms. The molecule has 1 aliphatic heterocycles. The molecule has 0 aliphatic carbocycles. The highest BCUT2D eigenvalue weighted by Gasteiger charge is 2.27. The van der Waals surface area contributed by atoms with Crippen LogP contribution >= 0.6 is 0 Å². The molecule has 1 fully saturated rings. The molecular formula is C21H30N2O2S. The normalized spacial score (nSPS) is 23.2. The van der Waals surface area contributed by atoms with Crippen molar-refractivity contribution >= 4 is 20.6 Å². The van der Waals surface area contributed by atoms with Crippen LogP contribution in [0.25, 0.3) is 10.8 Å². The van der Waals surface area contributed by atoms with Crippen molar-refractivity contribution < 1.29 is 8.42 Å². The summed E-state index contributed by atoms with van der Waals surface area (Å²) in [4.78, 5) is 2.86. The Morgan fingerprint density at radius 3 is 2.46 bits per heavy atom. The molecule has 0 radical (unpaired) electrons. The van der Waals surface area contributed by atoms with Gasteiger partial charge in [0.2, 0.25) is 0 Å². The third-order valence-electron chi connectivity index (χ3n) is 5.66. The van der Waals surface area contributed by atoms with Crippen molar-refractivity contribution in [1.82, 2.24) is 4.90 Å². The van der Waals surface area contributed by atoms with Gasteiger partial charge in [-0.15, -0.1) is 0 Å². The van der Waals surface area contributed by atoms with Gasteiger partial charge in [-0.25, -0.2) is 8.42 Å². The fraction of sp³-hybridized carbons (Fsp3) is 0.524. The Morgan fingerprint density at radius 1 is 1.08 bits per heavy atom. The molecule has 3 rings (SSSR count). The second kappa shape index (κ2) is 8.07. The van der Waals surface area contributed by atoms with Crippen molar-refractivity contribution in [2.24, 2.45) is 5.73 Å². The van der Waals surface area contributed by atoms with Crippen molar-refractivity contribution in [2.75, 3.05) is 12.3 Å². The van der Waals surface area contributed by atoms with E-state index >= 15 is 0 Å². The van der Waals surface area contributed by atoms with E-state index in [9.17, 15) is 8.42 Å². The monoisotopic (exact) mass is 374 g/mol. The van der Waals surface area contributed by atoms with Gasteiger partial charge >= 0.3 is 0 Å². The van der Waals surface area contributed by atoms with Gasteiger partial charge in [-0.3, -0.25) is 4.90 Å². The molecule has 2 aromatic carbocycles. The third-order valence-corrected chi connectivity index (χ3v) is 7.46. The molecule has 1 aliphatic rings. The van der Waals surface area contributed by atoms with Crippen molar-refractivity contribution in [3.63, 3.8) is 0 Å². The van der Waals surface area contributed by atoms with Crippen molar-refractivity contribution in [2.45, 2.75) is 62.6 Å². The zero-order chi connectivity index (χ0) is 18.7. The molecule has 1 saturated heterocycles. The quantitative estimate of drug-likeness (QED) is 0.839. The molecule has 2 aromatic rings. The Labute approximate surface area is 157 Å². The summed E-state index contributed by atoms with van der Waals surface area (Å²) < 4.78 is 25.8. The number of benzene rings is 2. The van der Waals surface area contributed by atoms with Crippen LogP contribution in [-0.4, -0.2) is 43.7 Å². The van der Waals surface area contributed by atoms with Gasteiger partial charge in [-0.05, 0) is 44.6 Å². The maximum atomic E-state index is 12.9. The Kier molecular flexibility index (Phi) is 6.00. The predicted molar refractivity (Wildman–Crippen MR) is 108 cm³/mol. The average molecular weight is 375 g/mol. The van der Waals surface area contributed by atoms with Gasteiger partial charge in [0.1, 0.15) is 0 Å². The minimum atomic E-state index is -3.35. The molecule has 4 nitrogen and oxygen atoms in total. The number of rotatable bonds is 6. The maximum absolute atomic E-state index is 12.9. The van der Waals surface area contributed by atoms with E-state index in [4.69, 9.17) is 5.73 Å². The first-order valence-electron chi connectivity index (χ1n) is 9.60. The molecule has 142 valence electrons. The number of nitrogens with zero attached hydrogens (tertiary/aromatic N) is 1. The van der Waals surface area contributed by atoms with Crippen LogP contribution in [0.1, 0.15) is 39.5 Å². The van der Waals surface area contributed by atoms with Crippen LogP contribution in [-0.2, 0) is 9.84 Å². The van der Waals surface area contributed by atoms with E-state index in [0.717, 1.165) is 17.3 Å². The second-order valence-electron chi connectivity index (χ2n) is 7.67. The first-order chi connectivity index (χ1) is 12.4. The molecule has 0 unspecified atom stereocenters. The highest BCUT2D eigenvalue weighted by Crippen LogP contribution is 2.25. The predicted octanol–water partition coefficient (Wildman–Crippen LogP) is 3.59. The summed E-state index contributed by atoms with van der Waals surface area (Å²) in [6, 6.07) is 14.0. The molecule has 0 saturated carbocycles. The summed E-state index contributed by atoms with van der Waals surface area (Å²) in [5.41, 5.74) is 6.32. The van der Waals surface area contributed by atoms with Crippen molar-refractivity contribution in [3.05, 3.63) is 42.5 Å². The second-order valence-corrected chi connectivity index (χ2v) is 9.75. The van der Waals surface area contributed by atoms with Crippen LogP contribution in [0.15, 0.2) is 47.4 Å². The standard InChI is InChI=1S/C21H30N2O2S/c1-16-7-5-8-17(2)23(16)15-19(22)13-14-26(24,25)21-12-6-10-18-9-3-4-11-20(18)21/h3-4,6,9-12,16-17,19H,5,7-8,13-15,22H2,1-2H3/t16-,17+,19-/m0/s1. The number of fused-ring (bicyclic) bond motifs is 1. The largest absolute Gasteiger partial charge is 0.327 e. The number of piperidine rings is 1. The van der Waals surface area contributed by atoms with E-state index in [0.29, 0.717) is 23.4 Å². The number of likely N-dealkylation sites (tertiary alicyclic amines) is 1. The third kappa shape index (κ3) is 4.27. The topological polar surface area (TPSA) is 63.4 Å². The molecule has 3 atom stereocenters. The summed E-state index contributed by atoms with van der Waals surface area (Å²) in [5, 5.41) is 1.75. The zero-order valence-electron chi connectivity index (χ0n) is 15.8. The van der Waals surface area contributed by atoms with Crippen LogP contribution < -0.4 is 5.73 Å². The summed E-state index contributed by atoms with van der Waals surface area (Å²) in [5.74, 6) is 0.0960. The van der Waals surface area contributed by atoms with Gasteiger partial charge in [0.15, 0.2) is 9.84 Å². The van der Waals surface area contributed by atoms with E-state index in [1.807, 2.05) is 36.4 Å². The Morgan fingerprint density at radius 2 is 1.73 bits per heavy atom. The number of hydrogen-bond acceptors (Lipinski definition) is 4. The summed E-state index contributed by atoms with van der Waals surface area (Å²) in [6.45, 7) is 5.26. The molecule has 2 N–H and O–H groups in total. The number of nitrogens with two attached hydrogens (primary N) is 1. The molecule has 1 heterocycles. The Balaban J connectivity index is 1.68. The molecule has 0 amide bonds. The Hall–Kier alpha value is -1.43. The maximum Gasteiger partial charge on any atom is 0.179 e. The van der Waals surface area contributed by atoms with Gasteiger partial charge in [0, 0.05) is 30.1 Å². The fourth-order valence-electron chi connectivity index (χ4n) is 4.08. The molecule has 0 bridgehead atoms. The van der Waals surface area contributed by atoms with Crippen LogP contribution in [0, 0.1) is 0 Å². The molecule has 26 heavy (non-hydrogen) atoms. The molecule has 0 aromatic heterocycles. The van der Waals surface area contributed by atoms with Gasteiger partial charge in [-0.1, -0.05) is 42.8 Å².